The molecule has 3 rings (SSSR count). The van der Waals surface area contributed by atoms with Crippen LogP contribution in [0.25, 0.3) is 11.1 Å². The third-order valence-corrected chi connectivity index (χ3v) is 3.48. The molecule has 0 radical (unpaired) electrons. The first-order valence-corrected chi connectivity index (χ1v) is 6.15. The molecule has 0 saturated carbocycles. The normalized spacial score (nSPS) is 12.9. The Balaban J connectivity index is 2.28. The number of alkyl halides is 2. The highest BCUT2D eigenvalue weighted by atomic mass is 35.5. The molecule has 98 valence electrons. The van der Waals surface area contributed by atoms with Crippen LogP contribution in [0.15, 0.2) is 24.4 Å². The maximum atomic E-state index is 13.1. The highest BCUT2D eigenvalue weighted by Crippen LogP contribution is 2.45. The molecule has 0 spiro atoms. The van der Waals surface area contributed by atoms with E-state index >= 15 is 0 Å². The second kappa shape index (κ2) is 4.46. The molecule has 0 saturated heterocycles. The van der Waals surface area contributed by atoms with Crippen LogP contribution in [-0.4, -0.2) is 4.98 Å². The van der Waals surface area contributed by atoms with Crippen molar-refractivity contribution >= 4 is 11.6 Å². The lowest BCUT2D eigenvalue weighted by Gasteiger charge is -2.23. The number of pyridine rings is 1. The Kier molecular flexibility index (Phi) is 2.90. The van der Waals surface area contributed by atoms with Gasteiger partial charge in [-0.3, -0.25) is 4.98 Å². The minimum atomic E-state index is -2.66. The third-order valence-electron chi connectivity index (χ3n) is 3.15. The van der Waals surface area contributed by atoms with Gasteiger partial charge in [-0.2, -0.15) is 0 Å². The van der Waals surface area contributed by atoms with E-state index in [4.69, 9.17) is 16.3 Å². The van der Waals surface area contributed by atoms with Crippen molar-refractivity contribution in [3.05, 3.63) is 46.2 Å². The molecule has 1 aliphatic heterocycles. The first-order chi connectivity index (χ1) is 9.08. The number of aryl methyl sites for hydroxylation is 1. The molecule has 0 atom stereocenters. The van der Waals surface area contributed by atoms with Gasteiger partial charge in [0, 0.05) is 23.0 Å². The number of aromatic nitrogens is 1. The molecule has 0 unspecified atom stereocenters. The van der Waals surface area contributed by atoms with E-state index in [2.05, 4.69) is 4.98 Å². The van der Waals surface area contributed by atoms with Gasteiger partial charge in [-0.05, 0) is 30.7 Å². The van der Waals surface area contributed by atoms with Crippen molar-refractivity contribution in [3.8, 4) is 16.9 Å². The number of hydrogen-bond donors (Lipinski definition) is 0. The van der Waals surface area contributed by atoms with Crippen molar-refractivity contribution in [1.82, 2.24) is 4.98 Å². The smallest absolute Gasteiger partial charge is 0.268 e. The number of halogens is 3. The van der Waals surface area contributed by atoms with Gasteiger partial charge in [0.25, 0.3) is 6.43 Å². The molecule has 2 nitrogen and oxygen atoms in total. The van der Waals surface area contributed by atoms with Crippen molar-refractivity contribution < 1.29 is 13.5 Å². The Bertz CT molecular complexity index is 658. The Morgan fingerprint density at radius 3 is 2.84 bits per heavy atom. The number of nitrogens with zero attached hydrogens (tertiary/aromatic N) is 1. The van der Waals surface area contributed by atoms with Crippen LogP contribution in [0, 0.1) is 6.92 Å². The summed E-state index contributed by atoms with van der Waals surface area (Å²) in [5, 5.41) is 0.0305. The molecule has 1 aliphatic rings. The number of hydrogen-bond acceptors (Lipinski definition) is 2. The maximum Gasteiger partial charge on any atom is 0.268 e. The second-order valence-electron chi connectivity index (χ2n) is 4.41. The predicted octanol–water partition coefficient (Wildman–Crippen LogP) is 4.54. The maximum absolute atomic E-state index is 13.1. The van der Waals surface area contributed by atoms with Crippen LogP contribution in [0.3, 0.4) is 0 Å². The zero-order chi connectivity index (χ0) is 13.6. The fraction of sp³-hybridized carbons (Fsp3) is 0.214. The Morgan fingerprint density at radius 2 is 2.11 bits per heavy atom. The van der Waals surface area contributed by atoms with Gasteiger partial charge >= 0.3 is 0 Å². The number of fused-ring (bicyclic) bond motifs is 3. The fourth-order valence-electron chi connectivity index (χ4n) is 2.25. The van der Waals surface area contributed by atoms with Crippen molar-refractivity contribution in [2.24, 2.45) is 0 Å². The van der Waals surface area contributed by atoms with Crippen LogP contribution in [-0.2, 0) is 6.61 Å². The zero-order valence-electron chi connectivity index (χ0n) is 10.1. The first kappa shape index (κ1) is 12.4. The molecule has 0 bridgehead atoms. The van der Waals surface area contributed by atoms with Gasteiger partial charge < -0.3 is 4.74 Å². The lowest BCUT2D eigenvalue weighted by atomic mass is 9.95. The third kappa shape index (κ3) is 1.96. The lowest BCUT2D eigenvalue weighted by molar-refractivity contribution is 0.144. The number of ether oxygens (including phenoxy) is 1. The molecule has 1 aromatic carbocycles. The van der Waals surface area contributed by atoms with Crippen molar-refractivity contribution in [3.63, 3.8) is 0 Å². The van der Waals surface area contributed by atoms with E-state index in [-0.39, 0.29) is 22.9 Å². The molecule has 2 aromatic rings. The van der Waals surface area contributed by atoms with E-state index in [9.17, 15) is 8.78 Å². The molecule has 19 heavy (non-hydrogen) atoms. The summed E-state index contributed by atoms with van der Waals surface area (Å²) in [4.78, 5) is 4.19. The van der Waals surface area contributed by atoms with Crippen molar-refractivity contribution in [2.45, 2.75) is 20.0 Å². The van der Waals surface area contributed by atoms with Crippen LogP contribution in [0.2, 0.25) is 5.02 Å². The zero-order valence-corrected chi connectivity index (χ0v) is 10.8. The molecular weight excluding hydrogens is 272 g/mol. The fourth-order valence-corrected chi connectivity index (χ4v) is 2.48. The van der Waals surface area contributed by atoms with E-state index in [0.29, 0.717) is 5.56 Å². The van der Waals surface area contributed by atoms with E-state index in [1.54, 1.807) is 12.3 Å². The van der Waals surface area contributed by atoms with Crippen LogP contribution >= 0.6 is 11.6 Å². The highest BCUT2D eigenvalue weighted by molar-refractivity contribution is 6.31. The number of benzene rings is 1. The molecular formula is C14H10ClF2NO. The molecule has 1 aromatic heterocycles. The number of rotatable bonds is 1. The highest BCUT2D eigenvalue weighted by Gasteiger charge is 2.26. The van der Waals surface area contributed by atoms with Gasteiger partial charge in [0.05, 0.1) is 10.6 Å². The molecule has 5 heteroatoms. The van der Waals surface area contributed by atoms with Gasteiger partial charge in [0.2, 0.25) is 0 Å². The van der Waals surface area contributed by atoms with Gasteiger partial charge in [-0.15, -0.1) is 0 Å². The van der Waals surface area contributed by atoms with Gasteiger partial charge in [-0.1, -0.05) is 11.6 Å². The Hall–Kier alpha value is -1.68. The quantitative estimate of drug-likeness (QED) is 0.765. The molecule has 0 aliphatic carbocycles. The summed E-state index contributed by atoms with van der Waals surface area (Å²) in [6.07, 6.45) is -0.948. The minimum Gasteiger partial charge on any atom is -0.488 e. The van der Waals surface area contributed by atoms with Gasteiger partial charge in [0.1, 0.15) is 12.4 Å². The molecule has 0 amide bonds. The van der Waals surface area contributed by atoms with Gasteiger partial charge in [-0.25, -0.2) is 8.78 Å². The average Bonchev–Trinajstić information content (AvgIpc) is 2.37. The largest absolute Gasteiger partial charge is 0.488 e. The monoisotopic (exact) mass is 281 g/mol. The predicted molar refractivity (Wildman–Crippen MR) is 68.7 cm³/mol. The minimum absolute atomic E-state index is 0.0305. The van der Waals surface area contributed by atoms with Crippen LogP contribution in [0.4, 0.5) is 8.78 Å². The van der Waals surface area contributed by atoms with E-state index in [0.717, 1.165) is 16.8 Å². The first-order valence-electron chi connectivity index (χ1n) is 5.77. The summed E-state index contributed by atoms with van der Waals surface area (Å²) in [5.41, 5.74) is 3.01. The summed E-state index contributed by atoms with van der Waals surface area (Å²) in [7, 11) is 0. The summed E-state index contributed by atoms with van der Waals surface area (Å²) in [5.74, 6) is 0.181. The Morgan fingerprint density at radius 1 is 1.32 bits per heavy atom. The molecule has 0 fully saturated rings. The molecule has 2 heterocycles. The summed E-state index contributed by atoms with van der Waals surface area (Å²) >= 11 is 5.84. The van der Waals surface area contributed by atoms with Crippen molar-refractivity contribution in [2.75, 3.05) is 0 Å². The van der Waals surface area contributed by atoms with Crippen LogP contribution in [0.1, 0.15) is 23.2 Å². The average molecular weight is 282 g/mol. The summed E-state index contributed by atoms with van der Waals surface area (Å²) in [6.45, 7) is 2.09. The van der Waals surface area contributed by atoms with Crippen molar-refractivity contribution in [1.29, 1.82) is 0 Å². The van der Waals surface area contributed by atoms with Gasteiger partial charge in [0.15, 0.2) is 0 Å². The standard InChI is InChI=1S/C14H10ClF2NO/c1-7-4-10-8(5-18-7)6-19-13-9(10)2-3-11(15)12(13)14(16)17/h2-5,14H,6H2,1H3. The lowest BCUT2D eigenvalue weighted by Crippen LogP contribution is -2.09. The Labute approximate surface area is 114 Å². The SMILES string of the molecule is Cc1cc2c(cn1)COc1c-2ccc(Cl)c1C(F)F. The van der Waals surface area contributed by atoms with E-state index in [1.165, 1.54) is 6.07 Å². The summed E-state index contributed by atoms with van der Waals surface area (Å²) in [6, 6.07) is 5.07. The van der Waals surface area contributed by atoms with E-state index < -0.39 is 6.43 Å². The molecule has 0 N–H and O–H groups in total. The van der Waals surface area contributed by atoms with E-state index in [1.807, 2.05) is 13.0 Å². The van der Waals surface area contributed by atoms with Crippen LogP contribution < -0.4 is 4.74 Å². The summed E-state index contributed by atoms with van der Waals surface area (Å²) < 4.78 is 31.6. The second-order valence-corrected chi connectivity index (χ2v) is 4.82. The topological polar surface area (TPSA) is 22.1 Å². The van der Waals surface area contributed by atoms with Crippen LogP contribution in [0.5, 0.6) is 5.75 Å².